The number of rotatable bonds is 9. The molecule has 0 unspecified atom stereocenters. The number of methoxy groups -OCH3 is 1. The van der Waals surface area contributed by atoms with E-state index < -0.39 is 0 Å². The summed E-state index contributed by atoms with van der Waals surface area (Å²) in [5.74, 6) is 1.06. The molecule has 0 heterocycles. The lowest BCUT2D eigenvalue weighted by Gasteiger charge is -2.14. The van der Waals surface area contributed by atoms with Gasteiger partial charge in [0.1, 0.15) is 0 Å². The largest absolute Gasteiger partial charge is 0.382 e. The molecular weight excluding hydrogens is 190 g/mol. The maximum Gasteiger partial charge on any atom is 0.0700 e. The first-order valence-corrected chi connectivity index (χ1v) is 6.15. The van der Waals surface area contributed by atoms with Crippen LogP contribution in [0.2, 0.25) is 0 Å². The summed E-state index contributed by atoms with van der Waals surface area (Å²) in [4.78, 5) is 0. The zero-order valence-electron chi connectivity index (χ0n) is 9.76. The summed E-state index contributed by atoms with van der Waals surface area (Å²) in [6, 6.07) is 0. The van der Waals surface area contributed by atoms with Gasteiger partial charge in [-0.2, -0.15) is 0 Å². The Morgan fingerprint density at radius 1 is 1.20 bits per heavy atom. The normalized spacial score (nSPS) is 23.0. The van der Waals surface area contributed by atoms with Gasteiger partial charge in [0.15, 0.2) is 0 Å². The van der Waals surface area contributed by atoms with Crippen LogP contribution in [-0.4, -0.2) is 40.0 Å². The van der Waals surface area contributed by atoms with Crippen molar-refractivity contribution >= 4 is 0 Å². The minimum Gasteiger partial charge on any atom is -0.382 e. The molecule has 0 bridgehead atoms. The molecule has 0 aromatic rings. The lowest BCUT2D eigenvalue weighted by molar-refractivity contribution is 0.0714. The quantitative estimate of drug-likeness (QED) is 0.588. The van der Waals surface area contributed by atoms with Gasteiger partial charge in [0.25, 0.3) is 0 Å². The fraction of sp³-hybridized carbons (Fsp3) is 1.00. The molecular formula is C12H23NO2. The van der Waals surface area contributed by atoms with Crippen LogP contribution >= 0.6 is 0 Å². The smallest absolute Gasteiger partial charge is 0.0700 e. The molecule has 0 aromatic heterocycles. The van der Waals surface area contributed by atoms with E-state index in [1.54, 1.807) is 7.11 Å². The first kappa shape index (κ1) is 11.4. The Kier molecular flexibility index (Phi) is 4.00. The third-order valence-corrected chi connectivity index (χ3v) is 3.67. The van der Waals surface area contributed by atoms with E-state index in [9.17, 15) is 0 Å². The number of hydrogen-bond acceptors (Lipinski definition) is 3. The molecule has 88 valence electrons. The van der Waals surface area contributed by atoms with Crippen LogP contribution in [0.3, 0.4) is 0 Å². The molecule has 2 saturated carbocycles. The molecule has 0 saturated heterocycles. The minimum atomic E-state index is 0.700. The van der Waals surface area contributed by atoms with Crippen molar-refractivity contribution in [2.45, 2.75) is 25.7 Å². The molecule has 0 aromatic carbocycles. The highest BCUT2D eigenvalue weighted by atomic mass is 16.5. The van der Waals surface area contributed by atoms with Crippen molar-refractivity contribution in [2.75, 3.05) is 40.0 Å². The number of nitrogens with one attached hydrogen (secondary N) is 1. The van der Waals surface area contributed by atoms with Crippen molar-refractivity contribution in [1.29, 1.82) is 0 Å². The molecule has 1 N–H and O–H groups in total. The lowest BCUT2D eigenvalue weighted by Crippen LogP contribution is -2.28. The van der Waals surface area contributed by atoms with E-state index in [-0.39, 0.29) is 0 Å². The standard InChI is InChI=1S/C12H23NO2/c1-14-8-9-15-7-6-13-10-12(4-5-12)11-2-3-11/h11,13H,2-10H2,1H3. The van der Waals surface area contributed by atoms with E-state index in [0.29, 0.717) is 18.6 Å². The van der Waals surface area contributed by atoms with Gasteiger partial charge in [-0.25, -0.2) is 0 Å². The van der Waals surface area contributed by atoms with Gasteiger partial charge < -0.3 is 14.8 Å². The second-order valence-electron chi connectivity index (χ2n) is 4.92. The highest BCUT2D eigenvalue weighted by Crippen LogP contribution is 2.60. The van der Waals surface area contributed by atoms with Gasteiger partial charge in [0.05, 0.1) is 19.8 Å². The van der Waals surface area contributed by atoms with Crippen LogP contribution in [0.5, 0.6) is 0 Å². The summed E-state index contributed by atoms with van der Waals surface area (Å²) in [7, 11) is 1.70. The predicted molar refractivity (Wildman–Crippen MR) is 60.0 cm³/mol. The van der Waals surface area contributed by atoms with E-state index in [0.717, 1.165) is 19.1 Å². The van der Waals surface area contributed by atoms with Crippen molar-refractivity contribution in [3.05, 3.63) is 0 Å². The fourth-order valence-electron chi connectivity index (χ4n) is 2.31. The van der Waals surface area contributed by atoms with Crippen LogP contribution in [0.25, 0.3) is 0 Å². The number of ether oxygens (including phenoxy) is 2. The fourth-order valence-corrected chi connectivity index (χ4v) is 2.31. The van der Waals surface area contributed by atoms with Crippen molar-refractivity contribution in [1.82, 2.24) is 5.32 Å². The Labute approximate surface area is 92.5 Å². The second kappa shape index (κ2) is 5.28. The molecule has 15 heavy (non-hydrogen) atoms. The van der Waals surface area contributed by atoms with E-state index >= 15 is 0 Å². The first-order valence-electron chi connectivity index (χ1n) is 6.15. The van der Waals surface area contributed by atoms with Crippen LogP contribution in [-0.2, 0) is 9.47 Å². The molecule has 3 heteroatoms. The Balaban J connectivity index is 1.42. The Hall–Kier alpha value is -0.120. The third-order valence-electron chi connectivity index (χ3n) is 3.67. The van der Waals surface area contributed by atoms with Crippen LogP contribution in [0.4, 0.5) is 0 Å². The molecule has 2 aliphatic carbocycles. The predicted octanol–water partition coefficient (Wildman–Crippen LogP) is 1.43. The average molecular weight is 213 g/mol. The zero-order chi connectivity index (χ0) is 10.6. The molecule has 3 nitrogen and oxygen atoms in total. The molecule has 0 amide bonds. The first-order chi connectivity index (χ1) is 7.37. The minimum absolute atomic E-state index is 0.700. The topological polar surface area (TPSA) is 30.5 Å². The SMILES string of the molecule is COCCOCCNCC1(C2CC2)CC1. The molecule has 0 atom stereocenters. The van der Waals surface area contributed by atoms with Gasteiger partial charge in [0.2, 0.25) is 0 Å². The summed E-state index contributed by atoms with van der Waals surface area (Å²) >= 11 is 0. The Morgan fingerprint density at radius 3 is 2.60 bits per heavy atom. The highest BCUT2D eigenvalue weighted by molar-refractivity contribution is 5.04. The summed E-state index contributed by atoms with van der Waals surface area (Å²) in [5.41, 5.74) is 0.715. The van der Waals surface area contributed by atoms with Crippen molar-refractivity contribution in [3.8, 4) is 0 Å². The van der Waals surface area contributed by atoms with Gasteiger partial charge >= 0.3 is 0 Å². The second-order valence-corrected chi connectivity index (χ2v) is 4.92. The summed E-state index contributed by atoms with van der Waals surface area (Å²) in [6.07, 6.45) is 5.86. The third kappa shape index (κ3) is 3.44. The van der Waals surface area contributed by atoms with Crippen LogP contribution in [0.1, 0.15) is 25.7 Å². The van der Waals surface area contributed by atoms with E-state index in [2.05, 4.69) is 5.32 Å². The zero-order valence-corrected chi connectivity index (χ0v) is 9.76. The van der Waals surface area contributed by atoms with E-state index in [1.165, 1.54) is 32.2 Å². The summed E-state index contributed by atoms with van der Waals surface area (Å²) < 4.78 is 10.3. The van der Waals surface area contributed by atoms with Gasteiger partial charge in [-0.1, -0.05) is 0 Å². The molecule has 0 spiro atoms. The Bertz CT molecular complexity index is 188. The average Bonchev–Trinajstić information content (AvgIpc) is 3.08. The summed E-state index contributed by atoms with van der Waals surface area (Å²) in [5, 5.41) is 3.52. The Morgan fingerprint density at radius 2 is 2.00 bits per heavy atom. The van der Waals surface area contributed by atoms with Crippen LogP contribution in [0.15, 0.2) is 0 Å². The van der Waals surface area contributed by atoms with Crippen molar-refractivity contribution < 1.29 is 9.47 Å². The van der Waals surface area contributed by atoms with Gasteiger partial charge in [-0.3, -0.25) is 0 Å². The monoisotopic (exact) mass is 213 g/mol. The van der Waals surface area contributed by atoms with Gasteiger partial charge in [0, 0.05) is 20.2 Å². The van der Waals surface area contributed by atoms with E-state index in [1.807, 2.05) is 0 Å². The maximum absolute atomic E-state index is 5.40. The molecule has 2 fully saturated rings. The maximum atomic E-state index is 5.40. The van der Waals surface area contributed by atoms with Gasteiger partial charge in [-0.05, 0) is 37.0 Å². The van der Waals surface area contributed by atoms with Gasteiger partial charge in [-0.15, -0.1) is 0 Å². The highest BCUT2D eigenvalue weighted by Gasteiger charge is 2.52. The summed E-state index contributed by atoms with van der Waals surface area (Å²) in [6.45, 7) is 4.42. The van der Waals surface area contributed by atoms with Crippen LogP contribution < -0.4 is 5.32 Å². The van der Waals surface area contributed by atoms with Crippen molar-refractivity contribution in [2.24, 2.45) is 11.3 Å². The molecule has 2 aliphatic rings. The number of hydrogen-bond donors (Lipinski definition) is 1. The molecule has 0 radical (unpaired) electrons. The lowest BCUT2D eigenvalue weighted by atomic mass is 10.0. The molecule has 0 aliphatic heterocycles. The van der Waals surface area contributed by atoms with Crippen LogP contribution in [0, 0.1) is 11.3 Å². The molecule has 2 rings (SSSR count). The van der Waals surface area contributed by atoms with Crippen molar-refractivity contribution in [3.63, 3.8) is 0 Å². The van der Waals surface area contributed by atoms with E-state index in [4.69, 9.17) is 9.47 Å².